The van der Waals surface area contributed by atoms with E-state index in [1.807, 2.05) is 6.92 Å². The van der Waals surface area contributed by atoms with Gasteiger partial charge in [-0.05, 0) is 43.1 Å². The number of hydrogen-bond donors (Lipinski definition) is 0. The number of rotatable bonds is 10. The molecule has 1 aromatic carbocycles. The predicted octanol–water partition coefficient (Wildman–Crippen LogP) is 6.46. The molecule has 1 fully saturated rings. The van der Waals surface area contributed by atoms with Crippen LogP contribution in [0.2, 0.25) is 37.8 Å². The lowest BCUT2D eigenvalue weighted by atomic mass is 9.79. The number of methoxy groups -OCH3 is 2. The molecule has 232 valence electrons. The molecule has 0 radical (unpaired) electrons. The molecular weight excluding hydrogens is 573 g/mol. The summed E-state index contributed by atoms with van der Waals surface area (Å²) in [6.45, 7) is 23.2. The zero-order valence-electron chi connectivity index (χ0n) is 27.4. The molecule has 10 heteroatoms. The Morgan fingerprint density at radius 3 is 2.05 bits per heavy atom. The summed E-state index contributed by atoms with van der Waals surface area (Å²) >= 11 is 0. The van der Waals surface area contributed by atoms with Crippen LogP contribution in [0, 0.1) is 23.3 Å². The van der Waals surface area contributed by atoms with E-state index in [1.165, 1.54) is 14.2 Å². The Hall–Kier alpha value is -1.49. The molecule has 0 aromatic heterocycles. The molecular formula is C31H52O7SSi2. The van der Waals surface area contributed by atoms with E-state index in [1.54, 1.807) is 37.3 Å². The lowest BCUT2D eigenvalue weighted by Gasteiger charge is -2.51. The number of ether oxygens (including phenoxy) is 3. The first-order valence-corrected chi connectivity index (χ1v) is 22.3. The molecule has 0 spiro atoms. The van der Waals surface area contributed by atoms with Gasteiger partial charge >= 0.3 is 5.97 Å². The van der Waals surface area contributed by atoms with Crippen molar-refractivity contribution >= 4 is 32.2 Å². The van der Waals surface area contributed by atoms with Crippen molar-refractivity contribution < 1.29 is 31.8 Å². The van der Waals surface area contributed by atoms with E-state index < -0.39 is 60.9 Å². The van der Waals surface area contributed by atoms with E-state index in [-0.39, 0.29) is 22.3 Å². The van der Waals surface area contributed by atoms with Crippen LogP contribution in [-0.2, 0) is 33.3 Å². The van der Waals surface area contributed by atoms with Crippen molar-refractivity contribution in [1.82, 2.24) is 0 Å². The van der Waals surface area contributed by atoms with Gasteiger partial charge in [-0.25, -0.2) is 13.2 Å². The van der Waals surface area contributed by atoms with Crippen LogP contribution in [0.25, 0.3) is 0 Å². The molecule has 1 aliphatic rings. The standard InChI is InChI=1S/C31H52O7SSi2/c1-23(18-17-21-40(9,10)11)26(38-41(12,13)29(3,4)5)24(2)27-30(6,22-31(35-7,36-8)28(32)37-27)39(33,34)25-19-15-14-16-20-25/h14-16,19-20,23-24,26-27H,18,22H2,1-13H3/t23-,24-,26-,27?,30?/m0/s1. The first-order valence-electron chi connectivity index (χ1n) is 14.4. The Labute approximate surface area is 251 Å². The molecule has 7 nitrogen and oxygen atoms in total. The van der Waals surface area contributed by atoms with Crippen molar-refractivity contribution in [2.45, 2.75) is 120 Å². The molecule has 1 aliphatic heterocycles. The highest BCUT2D eigenvalue weighted by Crippen LogP contribution is 2.48. The van der Waals surface area contributed by atoms with E-state index in [4.69, 9.17) is 18.6 Å². The summed E-state index contributed by atoms with van der Waals surface area (Å²) in [6.07, 6.45) is -1.07. The van der Waals surface area contributed by atoms with E-state index in [0.717, 1.165) is 0 Å². The van der Waals surface area contributed by atoms with Crippen molar-refractivity contribution in [3.8, 4) is 11.5 Å². The summed E-state index contributed by atoms with van der Waals surface area (Å²) in [6, 6.07) is 8.28. The molecule has 0 bridgehead atoms. The lowest BCUT2D eigenvalue weighted by molar-refractivity contribution is -0.260. The minimum atomic E-state index is -4.04. The van der Waals surface area contributed by atoms with Crippen molar-refractivity contribution in [3.63, 3.8) is 0 Å². The predicted molar refractivity (Wildman–Crippen MR) is 169 cm³/mol. The SMILES string of the molecule is COC1(OC)CC(C)(S(=O)(=O)c2ccccc2)C([C@@H](C)[C@@H](O[Si](C)(C)C(C)(C)C)[C@@H](C)CC#C[Si](C)(C)C)OC1=O. The van der Waals surface area contributed by atoms with Gasteiger partial charge in [0.15, 0.2) is 18.2 Å². The first kappa shape index (κ1) is 35.7. The molecule has 41 heavy (non-hydrogen) atoms. The number of benzene rings is 1. The summed E-state index contributed by atoms with van der Waals surface area (Å²) in [4.78, 5) is 13.6. The Bertz CT molecular complexity index is 1220. The van der Waals surface area contributed by atoms with Crippen molar-refractivity contribution in [2.24, 2.45) is 11.8 Å². The van der Waals surface area contributed by atoms with Crippen LogP contribution >= 0.6 is 0 Å². The average molecular weight is 625 g/mol. The second-order valence-corrected chi connectivity index (χ2v) is 26.1. The fourth-order valence-electron chi connectivity index (χ4n) is 5.16. The largest absolute Gasteiger partial charge is 0.456 e. The van der Waals surface area contributed by atoms with E-state index in [0.29, 0.717) is 6.42 Å². The molecule has 2 unspecified atom stereocenters. The van der Waals surface area contributed by atoms with Crippen LogP contribution in [-0.4, -0.2) is 67.7 Å². The van der Waals surface area contributed by atoms with Gasteiger partial charge in [-0.2, -0.15) is 0 Å². The van der Waals surface area contributed by atoms with Gasteiger partial charge in [-0.15, -0.1) is 11.5 Å². The van der Waals surface area contributed by atoms with Crippen LogP contribution in [0.5, 0.6) is 0 Å². The fraction of sp³-hybridized carbons (Fsp3) is 0.710. The quantitative estimate of drug-likeness (QED) is 0.128. The molecule has 0 aliphatic carbocycles. The Morgan fingerprint density at radius 1 is 1.05 bits per heavy atom. The zero-order chi connectivity index (χ0) is 31.7. The second kappa shape index (κ2) is 12.6. The molecule has 0 amide bonds. The van der Waals surface area contributed by atoms with E-state index in [2.05, 4.69) is 71.9 Å². The molecule has 1 saturated heterocycles. The maximum atomic E-state index is 14.4. The second-order valence-electron chi connectivity index (χ2n) is 14.2. The molecule has 5 atom stereocenters. The summed E-state index contributed by atoms with van der Waals surface area (Å²) in [5.41, 5.74) is 3.44. The van der Waals surface area contributed by atoms with Gasteiger partial charge in [0.05, 0.1) is 11.0 Å². The van der Waals surface area contributed by atoms with Gasteiger partial charge in [-0.1, -0.05) is 72.5 Å². The third-order valence-electron chi connectivity index (χ3n) is 8.74. The average Bonchev–Trinajstić information content (AvgIpc) is 2.87. The molecule has 1 heterocycles. The molecule has 1 aromatic rings. The highest BCUT2D eigenvalue weighted by Gasteiger charge is 2.64. The number of esters is 1. The first-order chi connectivity index (χ1) is 18.6. The van der Waals surface area contributed by atoms with Crippen LogP contribution < -0.4 is 0 Å². The highest BCUT2D eigenvalue weighted by molar-refractivity contribution is 7.92. The smallest absolute Gasteiger partial charge is 0.367 e. The van der Waals surface area contributed by atoms with Gasteiger partial charge in [0.2, 0.25) is 0 Å². The van der Waals surface area contributed by atoms with Crippen LogP contribution in [0.4, 0.5) is 0 Å². The number of carbonyl (C=O) groups excluding carboxylic acids is 1. The molecule has 0 saturated carbocycles. The summed E-state index contributed by atoms with van der Waals surface area (Å²) in [5.74, 6) is 0.278. The molecule has 2 rings (SSSR count). The number of sulfone groups is 1. The highest BCUT2D eigenvalue weighted by atomic mass is 32.2. The molecule has 0 N–H and O–H groups in total. The number of cyclic esters (lactones) is 1. The normalized spacial score (nSPS) is 24.0. The van der Waals surface area contributed by atoms with E-state index >= 15 is 0 Å². The van der Waals surface area contributed by atoms with Crippen molar-refractivity contribution in [3.05, 3.63) is 30.3 Å². The van der Waals surface area contributed by atoms with Crippen molar-refractivity contribution in [2.75, 3.05) is 14.2 Å². The van der Waals surface area contributed by atoms with Crippen LogP contribution in [0.3, 0.4) is 0 Å². The van der Waals surface area contributed by atoms with Gasteiger partial charge < -0.3 is 18.6 Å². The van der Waals surface area contributed by atoms with Crippen molar-refractivity contribution in [1.29, 1.82) is 0 Å². The topological polar surface area (TPSA) is 88.1 Å². The van der Waals surface area contributed by atoms with Crippen LogP contribution in [0.1, 0.15) is 54.4 Å². The summed E-state index contributed by atoms with van der Waals surface area (Å²) in [7, 11) is -5.30. The summed E-state index contributed by atoms with van der Waals surface area (Å²) in [5, 5.41) is -0.0847. The minimum absolute atomic E-state index is 0.0399. The zero-order valence-corrected chi connectivity index (χ0v) is 30.2. The maximum Gasteiger partial charge on any atom is 0.367 e. The maximum absolute atomic E-state index is 14.4. The van der Waals surface area contributed by atoms with Crippen LogP contribution in [0.15, 0.2) is 35.2 Å². The van der Waals surface area contributed by atoms with Gasteiger partial charge in [-0.3, -0.25) is 0 Å². The Kier molecular flexibility index (Phi) is 11.0. The summed E-state index contributed by atoms with van der Waals surface area (Å²) < 4.78 is 51.4. The lowest BCUT2D eigenvalue weighted by Crippen LogP contribution is -2.66. The minimum Gasteiger partial charge on any atom is -0.456 e. The Morgan fingerprint density at radius 2 is 1.59 bits per heavy atom. The van der Waals surface area contributed by atoms with Gasteiger partial charge in [0.25, 0.3) is 5.79 Å². The van der Waals surface area contributed by atoms with Gasteiger partial charge in [0, 0.05) is 33.0 Å². The number of carbonyl (C=O) groups is 1. The Balaban J connectivity index is 2.72. The monoisotopic (exact) mass is 624 g/mol. The fourth-order valence-corrected chi connectivity index (χ4v) is 9.28. The number of hydrogen-bond acceptors (Lipinski definition) is 7. The third-order valence-corrected chi connectivity index (χ3v) is 16.6. The third kappa shape index (κ3) is 7.54. The van der Waals surface area contributed by atoms with E-state index in [9.17, 15) is 13.2 Å². The van der Waals surface area contributed by atoms with Gasteiger partial charge in [0.1, 0.15) is 18.9 Å².